The fraction of sp³-hybridized carbons (Fsp3) is 0.625. The summed E-state index contributed by atoms with van der Waals surface area (Å²) >= 11 is 0. The first-order valence-corrected chi connectivity index (χ1v) is 9.34. The summed E-state index contributed by atoms with van der Waals surface area (Å²) in [7, 11) is -3.33. The van der Waals surface area contributed by atoms with E-state index in [0.717, 1.165) is 25.4 Å². The number of rotatable bonds is 9. The molecule has 21 heavy (non-hydrogen) atoms. The van der Waals surface area contributed by atoms with Crippen LogP contribution in [0.5, 0.6) is 0 Å². The third-order valence-electron chi connectivity index (χ3n) is 3.92. The molecule has 0 bridgehead atoms. The van der Waals surface area contributed by atoms with E-state index in [0.29, 0.717) is 18.0 Å². The summed E-state index contributed by atoms with van der Waals surface area (Å²) in [4.78, 5) is 0.394. The largest absolute Gasteiger partial charge is 0.314 e. The molecular formula is C16H26N2O2S. The Hall–Kier alpha value is -0.910. The lowest BCUT2D eigenvalue weighted by molar-refractivity contribution is 0.445. The van der Waals surface area contributed by atoms with Crippen LogP contribution >= 0.6 is 0 Å². The Morgan fingerprint density at radius 3 is 2.29 bits per heavy atom. The second-order valence-corrected chi connectivity index (χ2v) is 7.50. The topological polar surface area (TPSA) is 49.4 Å². The van der Waals surface area contributed by atoms with Gasteiger partial charge in [0.2, 0.25) is 10.0 Å². The van der Waals surface area contributed by atoms with Gasteiger partial charge in [0.15, 0.2) is 0 Å². The van der Waals surface area contributed by atoms with Crippen molar-refractivity contribution in [3.8, 4) is 0 Å². The van der Waals surface area contributed by atoms with E-state index in [-0.39, 0.29) is 0 Å². The van der Waals surface area contributed by atoms with Crippen molar-refractivity contribution in [2.45, 2.75) is 50.5 Å². The monoisotopic (exact) mass is 310 g/mol. The van der Waals surface area contributed by atoms with Crippen LogP contribution in [0.1, 0.15) is 38.7 Å². The maximum Gasteiger partial charge on any atom is 0.243 e. The molecular weight excluding hydrogens is 284 g/mol. The van der Waals surface area contributed by atoms with Crippen molar-refractivity contribution < 1.29 is 8.42 Å². The van der Waals surface area contributed by atoms with E-state index in [1.807, 2.05) is 26.0 Å². The van der Waals surface area contributed by atoms with Gasteiger partial charge in [0.05, 0.1) is 4.90 Å². The maximum absolute atomic E-state index is 12.4. The summed E-state index contributed by atoms with van der Waals surface area (Å²) in [5.41, 5.74) is 1.20. The van der Waals surface area contributed by atoms with Crippen molar-refractivity contribution in [2.24, 2.45) is 0 Å². The van der Waals surface area contributed by atoms with Crippen LogP contribution in [0.4, 0.5) is 0 Å². The Morgan fingerprint density at radius 1 is 1.14 bits per heavy atom. The van der Waals surface area contributed by atoms with E-state index >= 15 is 0 Å². The number of hydrogen-bond acceptors (Lipinski definition) is 3. The molecule has 1 aromatic carbocycles. The molecule has 118 valence electrons. The molecule has 1 fully saturated rings. The summed E-state index contributed by atoms with van der Waals surface area (Å²) in [6.07, 6.45) is 4.72. The molecule has 0 amide bonds. The highest BCUT2D eigenvalue weighted by Gasteiger charge is 2.21. The molecule has 0 aromatic heterocycles. The zero-order valence-electron chi connectivity index (χ0n) is 13.0. The highest BCUT2D eigenvalue weighted by atomic mass is 32.2. The quantitative estimate of drug-likeness (QED) is 0.713. The maximum atomic E-state index is 12.4. The summed E-state index contributed by atoms with van der Waals surface area (Å²) in [6, 6.07) is 8.10. The van der Waals surface area contributed by atoms with Crippen LogP contribution in [0.25, 0.3) is 0 Å². The minimum atomic E-state index is -3.33. The van der Waals surface area contributed by atoms with Crippen molar-refractivity contribution >= 4 is 10.0 Å². The van der Waals surface area contributed by atoms with Crippen LogP contribution in [-0.4, -0.2) is 38.4 Å². The van der Waals surface area contributed by atoms with Crippen molar-refractivity contribution in [3.63, 3.8) is 0 Å². The molecule has 0 radical (unpaired) electrons. The highest BCUT2D eigenvalue weighted by molar-refractivity contribution is 7.89. The number of nitrogens with one attached hydrogen (secondary N) is 1. The first-order valence-electron chi connectivity index (χ1n) is 7.90. The first kappa shape index (κ1) is 16.5. The summed E-state index contributed by atoms with van der Waals surface area (Å²) in [5.74, 6) is 0. The third kappa shape index (κ3) is 4.53. The molecule has 0 spiro atoms. The van der Waals surface area contributed by atoms with Crippen LogP contribution in [0.3, 0.4) is 0 Å². The molecule has 2 rings (SSSR count). The number of sulfonamides is 1. The molecule has 0 heterocycles. The van der Waals surface area contributed by atoms with Gasteiger partial charge in [-0.15, -0.1) is 0 Å². The van der Waals surface area contributed by atoms with Gasteiger partial charge in [-0.1, -0.05) is 26.0 Å². The van der Waals surface area contributed by atoms with E-state index in [4.69, 9.17) is 0 Å². The average Bonchev–Trinajstić information content (AvgIpc) is 3.29. The zero-order chi connectivity index (χ0) is 15.3. The van der Waals surface area contributed by atoms with Crippen LogP contribution in [-0.2, 0) is 16.4 Å². The molecule has 1 N–H and O–H groups in total. The van der Waals surface area contributed by atoms with E-state index < -0.39 is 10.0 Å². The lowest BCUT2D eigenvalue weighted by Crippen LogP contribution is -2.30. The Bertz CT molecular complexity index is 532. The Morgan fingerprint density at radius 2 is 1.76 bits per heavy atom. The molecule has 1 aliphatic rings. The number of nitrogens with zero attached hydrogens (tertiary/aromatic N) is 1. The lowest BCUT2D eigenvalue weighted by atomic mass is 10.1. The standard InChI is InChI=1S/C16H26N2O2S/c1-3-18(4-2)21(19,20)16-11-7-14(8-12-16)6-5-13-17-15-9-10-15/h7-8,11-12,15,17H,3-6,9-10,13H2,1-2H3. The van der Waals surface area contributed by atoms with Gasteiger partial charge in [0, 0.05) is 19.1 Å². The van der Waals surface area contributed by atoms with E-state index in [1.165, 1.54) is 22.7 Å². The van der Waals surface area contributed by atoms with Crippen molar-refractivity contribution in [3.05, 3.63) is 29.8 Å². The minimum Gasteiger partial charge on any atom is -0.314 e. The Labute approximate surface area is 128 Å². The number of aryl methyl sites for hydroxylation is 1. The second-order valence-electron chi connectivity index (χ2n) is 5.57. The minimum absolute atomic E-state index is 0.394. The van der Waals surface area contributed by atoms with Gasteiger partial charge < -0.3 is 5.32 Å². The van der Waals surface area contributed by atoms with E-state index in [1.54, 1.807) is 12.1 Å². The predicted molar refractivity (Wildman–Crippen MR) is 85.9 cm³/mol. The van der Waals surface area contributed by atoms with E-state index in [2.05, 4.69) is 5.32 Å². The Kier molecular flexibility index (Phi) is 5.79. The van der Waals surface area contributed by atoms with Gasteiger partial charge in [-0.2, -0.15) is 4.31 Å². The molecule has 1 aromatic rings. The van der Waals surface area contributed by atoms with Crippen LogP contribution in [0, 0.1) is 0 Å². The SMILES string of the molecule is CCN(CC)S(=O)(=O)c1ccc(CCCNC2CC2)cc1. The lowest BCUT2D eigenvalue weighted by Gasteiger charge is -2.18. The number of hydrogen-bond donors (Lipinski definition) is 1. The predicted octanol–water partition coefficient (Wildman–Crippen LogP) is 2.40. The summed E-state index contributed by atoms with van der Waals surface area (Å²) in [5, 5.41) is 3.49. The summed E-state index contributed by atoms with van der Waals surface area (Å²) in [6.45, 7) is 5.79. The van der Waals surface area contributed by atoms with Gasteiger partial charge in [0.25, 0.3) is 0 Å². The molecule has 5 heteroatoms. The van der Waals surface area contributed by atoms with Crippen molar-refractivity contribution in [1.82, 2.24) is 9.62 Å². The van der Waals surface area contributed by atoms with Gasteiger partial charge in [-0.25, -0.2) is 8.42 Å². The smallest absolute Gasteiger partial charge is 0.243 e. The summed E-state index contributed by atoms with van der Waals surface area (Å²) < 4.78 is 26.2. The fourth-order valence-corrected chi connectivity index (χ4v) is 3.88. The van der Waals surface area contributed by atoms with Gasteiger partial charge >= 0.3 is 0 Å². The molecule has 4 nitrogen and oxygen atoms in total. The molecule has 0 aliphatic heterocycles. The first-order chi connectivity index (χ1) is 10.1. The van der Waals surface area contributed by atoms with Crippen molar-refractivity contribution in [1.29, 1.82) is 0 Å². The zero-order valence-corrected chi connectivity index (χ0v) is 13.8. The normalized spacial score (nSPS) is 15.6. The van der Waals surface area contributed by atoms with Gasteiger partial charge in [0.1, 0.15) is 0 Å². The second kappa shape index (κ2) is 7.38. The molecule has 0 saturated heterocycles. The van der Waals surface area contributed by atoms with Gasteiger partial charge in [-0.3, -0.25) is 0 Å². The third-order valence-corrected chi connectivity index (χ3v) is 5.98. The number of benzene rings is 1. The molecule has 0 unspecified atom stereocenters. The fourth-order valence-electron chi connectivity index (χ4n) is 2.43. The van der Waals surface area contributed by atoms with Crippen molar-refractivity contribution in [2.75, 3.05) is 19.6 Å². The highest BCUT2D eigenvalue weighted by Crippen LogP contribution is 2.19. The van der Waals surface area contributed by atoms with Crippen LogP contribution in [0.2, 0.25) is 0 Å². The Balaban J connectivity index is 1.91. The van der Waals surface area contributed by atoms with Gasteiger partial charge in [-0.05, 0) is 49.9 Å². The van der Waals surface area contributed by atoms with Crippen LogP contribution < -0.4 is 5.32 Å². The van der Waals surface area contributed by atoms with E-state index in [9.17, 15) is 8.42 Å². The molecule has 1 saturated carbocycles. The molecule has 0 atom stereocenters. The molecule has 1 aliphatic carbocycles. The average molecular weight is 310 g/mol. The van der Waals surface area contributed by atoms with Crippen LogP contribution in [0.15, 0.2) is 29.2 Å².